The first-order valence-corrected chi connectivity index (χ1v) is 8.01. The molecular formula is C17H25N3O3. The van der Waals surface area contributed by atoms with Gasteiger partial charge in [0.25, 0.3) is 5.91 Å². The van der Waals surface area contributed by atoms with Crippen molar-refractivity contribution in [2.75, 3.05) is 11.9 Å². The van der Waals surface area contributed by atoms with E-state index < -0.39 is 5.41 Å². The van der Waals surface area contributed by atoms with Gasteiger partial charge in [-0.05, 0) is 18.9 Å². The van der Waals surface area contributed by atoms with E-state index in [4.69, 9.17) is 0 Å². The van der Waals surface area contributed by atoms with E-state index in [0.717, 1.165) is 19.3 Å². The molecule has 2 atom stereocenters. The third-order valence-corrected chi connectivity index (χ3v) is 4.14. The molecule has 0 aliphatic heterocycles. The second kappa shape index (κ2) is 7.08. The van der Waals surface area contributed by atoms with Gasteiger partial charge < -0.3 is 15.7 Å². The third kappa shape index (κ3) is 4.51. The molecule has 1 heterocycles. The minimum Gasteiger partial charge on any atom is -0.393 e. The average Bonchev–Trinajstić information content (AvgIpc) is 2.89. The molecule has 1 fully saturated rings. The number of aromatic nitrogens is 1. The van der Waals surface area contributed by atoms with Crippen LogP contribution in [0.5, 0.6) is 0 Å². The van der Waals surface area contributed by atoms with Gasteiger partial charge >= 0.3 is 0 Å². The highest BCUT2D eigenvalue weighted by Gasteiger charge is 2.26. The molecule has 2 amide bonds. The fourth-order valence-corrected chi connectivity index (χ4v) is 2.57. The summed E-state index contributed by atoms with van der Waals surface area (Å²) < 4.78 is 0. The van der Waals surface area contributed by atoms with Gasteiger partial charge in [-0.15, -0.1) is 0 Å². The lowest BCUT2D eigenvalue weighted by Crippen LogP contribution is -2.34. The number of carbonyl (C=O) groups is 2. The Bertz CT molecular complexity index is 581. The molecule has 0 unspecified atom stereocenters. The molecule has 0 radical (unpaired) electrons. The largest absolute Gasteiger partial charge is 0.393 e. The van der Waals surface area contributed by atoms with Crippen molar-refractivity contribution in [1.29, 1.82) is 0 Å². The lowest BCUT2D eigenvalue weighted by atomic mass is 9.95. The van der Waals surface area contributed by atoms with Crippen LogP contribution in [0.25, 0.3) is 0 Å². The van der Waals surface area contributed by atoms with E-state index in [-0.39, 0.29) is 23.8 Å². The third-order valence-electron chi connectivity index (χ3n) is 4.14. The monoisotopic (exact) mass is 319 g/mol. The van der Waals surface area contributed by atoms with Gasteiger partial charge in [0.15, 0.2) is 0 Å². The van der Waals surface area contributed by atoms with E-state index in [1.54, 1.807) is 6.07 Å². The van der Waals surface area contributed by atoms with E-state index >= 15 is 0 Å². The Morgan fingerprint density at radius 3 is 2.70 bits per heavy atom. The molecule has 3 N–H and O–H groups in total. The molecule has 1 aromatic rings. The highest BCUT2D eigenvalue weighted by atomic mass is 16.3. The number of aliphatic hydroxyl groups excluding tert-OH is 1. The topological polar surface area (TPSA) is 91.3 Å². The van der Waals surface area contributed by atoms with Crippen LogP contribution in [0.2, 0.25) is 0 Å². The SMILES string of the molecule is CC(C)(C)C(=O)Nc1ccncc1C(=O)NC[C@H]1CCC[C@@H]1O. The van der Waals surface area contributed by atoms with Crippen molar-refractivity contribution in [2.24, 2.45) is 11.3 Å². The standard InChI is InChI=1S/C17H25N3O3/c1-17(2,3)16(23)20-13-7-8-18-10-12(13)15(22)19-9-11-5-4-6-14(11)21/h7-8,10-11,14,21H,4-6,9H2,1-3H3,(H,19,22)(H,18,20,23)/t11-,14+/m1/s1. The number of hydrogen-bond donors (Lipinski definition) is 3. The van der Waals surface area contributed by atoms with Crippen LogP contribution in [0.3, 0.4) is 0 Å². The molecule has 0 aromatic carbocycles. The predicted octanol–water partition coefficient (Wildman–Crippen LogP) is 1.96. The van der Waals surface area contributed by atoms with E-state index in [0.29, 0.717) is 17.8 Å². The zero-order chi connectivity index (χ0) is 17.0. The number of pyridine rings is 1. The van der Waals surface area contributed by atoms with Crippen molar-refractivity contribution >= 4 is 17.5 Å². The lowest BCUT2D eigenvalue weighted by molar-refractivity contribution is -0.123. The quantitative estimate of drug-likeness (QED) is 0.791. The molecule has 1 aliphatic carbocycles. The molecular weight excluding hydrogens is 294 g/mol. The van der Waals surface area contributed by atoms with Gasteiger partial charge in [-0.2, -0.15) is 0 Å². The summed E-state index contributed by atoms with van der Waals surface area (Å²) in [5, 5.41) is 15.4. The van der Waals surface area contributed by atoms with Crippen LogP contribution < -0.4 is 10.6 Å². The maximum absolute atomic E-state index is 12.4. The van der Waals surface area contributed by atoms with Crippen molar-refractivity contribution < 1.29 is 14.7 Å². The number of anilines is 1. The van der Waals surface area contributed by atoms with Crippen molar-refractivity contribution in [3.05, 3.63) is 24.0 Å². The van der Waals surface area contributed by atoms with Crippen molar-refractivity contribution in [1.82, 2.24) is 10.3 Å². The van der Waals surface area contributed by atoms with Crippen LogP contribution in [0, 0.1) is 11.3 Å². The predicted molar refractivity (Wildman–Crippen MR) is 88.0 cm³/mol. The van der Waals surface area contributed by atoms with Crippen LogP contribution in [-0.4, -0.2) is 34.6 Å². The summed E-state index contributed by atoms with van der Waals surface area (Å²) in [6, 6.07) is 1.61. The van der Waals surface area contributed by atoms with Crippen LogP contribution >= 0.6 is 0 Å². The number of rotatable bonds is 4. The zero-order valence-electron chi connectivity index (χ0n) is 13.9. The summed E-state index contributed by atoms with van der Waals surface area (Å²) in [5.41, 5.74) is 0.229. The molecule has 1 saturated carbocycles. The Kier molecular flexibility index (Phi) is 5.36. The Balaban J connectivity index is 2.04. The Morgan fingerprint density at radius 2 is 2.09 bits per heavy atom. The number of amides is 2. The fraction of sp³-hybridized carbons (Fsp3) is 0.588. The highest BCUT2D eigenvalue weighted by molar-refractivity contribution is 6.04. The molecule has 1 aromatic heterocycles. The molecule has 126 valence electrons. The summed E-state index contributed by atoms with van der Waals surface area (Å²) in [6.07, 6.45) is 5.34. The van der Waals surface area contributed by atoms with Crippen LogP contribution in [0.1, 0.15) is 50.4 Å². The summed E-state index contributed by atoms with van der Waals surface area (Å²) >= 11 is 0. The number of carbonyl (C=O) groups excluding carboxylic acids is 2. The van der Waals surface area contributed by atoms with Gasteiger partial charge in [0.05, 0.1) is 17.4 Å². The van der Waals surface area contributed by atoms with E-state index in [9.17, 15) is 14.7 Å². The normalized spacial score (nSPS) is 21.0. The van der Waals surface area contributed by atoms with E-state index in [1.165, 1.54) is 12.4 Å². The maximum Gasteiger partial charge on any atom is 0.254 e. The molecule has 2 rings (SSSR count). The second-order valence-electron chi connectivity index (χ2n) is 7.09. The molecule has 0 bridgehead atoms. The van der Waals surface area contributed by atoms with E-state index in [1.807, 2.05) is 20.8 Å². The average molecular weight is 319 g/mol. The molecule has 6 heteroatoms. The first kappa shape index (κ1) is 17.4. The Labute approximate surface area is 136 Å². The second-order valence-corrected chi connectivity index (χ2v) is 7.09. The number of hydrogen-bond acceptors (Lipinski definition) is 4. The number of aliphatic hydroxyl groups is 1. The van der Waals surface area contributed by atoms with Gasteiger partial charge in [0.2, 0.25) is 5.91 Å². The Morgan fingerprint density at radius 1 is 1.35 bits per heavy atom. The molecule has 1 aliphatic rings. The minimum absolute atomic E-state index is 0.100. The summed E-state index contributed by atoms with van der Waals surface area (Å²) in [4.78, 5) is 28.5. The molecule has 23 heavy (non-hydrogen) atoms. The number of nitrogens with zero attached hydrogens (tertiary/aromatic N) is 1. The lowest BCUT2D eigenvalue weighted by Gasteiger charge is -2.19. The van der Waals surface area contributed by atoms with Crippen molar-refractivity contribution in [3.63, 3.8) is 0 Å². The van der Waals surface area contributed by atoms with Gasteiger partial charge in [0, 0.05) is 30.3 Å². The fourth-order valence-electron chi connectivity index (χ4n) is 2.57. The smallest absolute Gasteiger partial charge is 0.254 e. The first-order chi connectivity index (χ1) is 10.8. The molecule has 6 nitrogen and oxygen atoms in total. The van der Waals surface area contributed by atoms with Crippen LogP contribution in [0.15, 0.2) is 18.5 Å². The zero-order valence-corrected chi connectivity index (χ0v) is 13.9. The van der Waals surface area contributed by atoms with Crippen LogP contribution in [0.4, 0.5) is 5.69 Å². The maximum atomic E-state index is 12.4. The number of nitrogens with one attached hydrogen (secondary N) is 2. The Hall–Kier alpha value is -1.95. The molecule has 0 spiro atoms. The van der Waals surface area contributed by atoms with Crippen LogP contribution in [-0.2, 0) is 4.79 Å². The van der Waals surface area contributed by atoms with Gasteiger partial charge in [0.1, 0.15) is 0 Å². The highest BCUT2D eigenvalue weighted by Crippen LogP contribution is 2.25. The van der Waals surface area contributed by atoms with Crippen molar-refractivity contribution in [3.8, 4) is 0 Å². The van der Waals surface area contributed by atoms with Gasteiger partial charge in [-0.25, -0.2) is 0 Å². The van der Waals surface area contributed by atoms with Gasteiger partial charge in [-0.3, -0.25) is 14.6 Å². The summed E-state index contributed by atoms with van der Waals surface area (Å²) in [6.45, 7) is 5.86. The minimum atomic E-state index is -0.551. The first-order valence-electron chi connectivity index (χ1n) is 8.01. The molecule has 0 saturated heterocycles. The van der Waals surface area contributed by atoms with E-state index in [2.05, 4.69) is 15.6 Å². The summed E-state index contributed by atoms with van der Waals surface area (Å²) in [5.74, 6) is -0.353. The van der Waals surface area contributed by atoms with Crippen molar-refractivity contribution in [2.45, 2.75) is 46.1 Å². The summed E-state index contributed by atoms with van der Waals surface area (Å²) in [7, 11) is 0. The van der Waals surface area contributed by atoms with Gasteiger partial charge in [-0.1, -0.05) is 27.2 Å².